The molecule has 0 heterocycles. The van der Waals surface area contributed by atoms with Crippen LogP contribution in [0.5, 0.6) is 0 Å². The van der Waals surface area contributed by atoms with Gasteiger partial charge in [-0.1, -0.05) is 15.9 Å². The van der Waals surface area contributed by atoms with Gasteiger partial charge >= 0.3 is 0 Å². The molecule has 0 saturated heterocycles. The maximum Gasteiger partial charge on any atom is 0.0447 e. The van der Waals surface area contributed by atoms with E-state index >= 15 is 0 Å². The fraction of sp³-hybridized carbons (Fsp3) is 0.538. The van der Waals surface area contributed by atoms with E-state index in [4.69, 9.17) is 10.8 Å². The largest absolute Gasteiger partial charge is 0.396 e. The molecular weight excluding hydrogens is 280 g/mol. The summed E-state index contributed by atoms with van der Waals surface area (Å²) in [4.78, 5) is 2.28. The van der Waals surface area contributed by atoms with Crippen molar-refractivity contribution in [2.24, 2.45) is 5.73 Å². The van der Waals surface area contributed by atoms with E-state index in [0.717, 1.165) is 23.0 Å². The lowest BCUT2D eigenvalue weighted by molar-refractivity contribution is 0.288. The quantitative estimate of drug-likeness (QED) is 0.849. The monoisotopic (exact) mass is 300 g/mol. The van der Waals surface area contributed by atoms with Gasteiger partial charge in [0.2, 0.25) is 0 Å². The van der Waals surface area contributed by atoms with Crippen molar-refractivity contribution >= 4 is 21.6 Å². The maximum absolute atomic E-state index is 8.96. The molecule has 3 N–H and O–H groups in total. The predicted octanol–water partition coefficient (Wildman–Crippen LogP) is 2.50. The van der Waals surface area contributed by atoms with E-state index in [1.54, 1.807) is 0 Å². The summed E-state index contributed by atoms with van der Waals surface area (Å²) in [6, 6.07) is 6.57. The Labute approximate surface area is 112 Å². The Morgan fingerprint density at radius 1 is 1.41 bits per heavy atom. The van der Waals surface area contributed by atoms with Crippen LogP contribution in [-0.2, 0) is 6.54 Å². The average Bonchev–Trinajstić information content (AvgIpc) is 2.30. The molecule has 0 aliphatic rings. The molecule has 1 aromatic carbocycles. The summed E-state index contributed by atoms with van der Waals surface area (Å²) in [7, 11) is 0. The van der Waals surface area contributed by atoms with Crippen LogP contribution >= 0.6 is 15.9 Å². The minimum Gasteiger partial charge on any atom is -0.396 e. The molecule has 0 amide bonds. The second kappa shape index (κ2) is 6.99. The summed E-state index contributed by atoms with van der Waals surface area (Å²) >= 11 is 3.46. The van der Waals surface area contributed by atoms with Crippen molar-refractivity contribution < 1.29 is 5.11 Å². The van der Waals surface area contributed by atoms with Gasteiger partial charge in [-0.2, -0.15) is 0 Å². The Balaban J connectivity index is 3.00. The number of nitrogens with zero attached hydrogens (tertiary/aromatic N) is 1. The molecule has 0 bridgehead atoms. The highest BCUT2D eigenvalue weighted by Crippen LogP contribution is 2.26. The van der Waals surface area contributed by atoms with E-state index in [2.05, 4.69) is 46.8 Å². The van der Waals surface area contributed by atoms with E-state index < -0.39 is 0 Å². The van der Waals surface area contributed by atoms with Crippen molar-refractivity contribution in [2.45, 2.75) is 32.9 Å². The Bertz CT molecular complexity index is 355. The van der Waals surface area contributed by atoms with Gasteiger partial charge in [0.05, 0.1) is 0 Å². The van der Waals surface area contributed by atoms with Gasteiger partial charge in [0.15, 0.2) is 0 Å². The minimum absolute atomic E-state index is 0.220. The number of aliphatic hydroxyl groups excluding tert-OH is 1. The molecule has 0 spiro atoms. The standard InChI is InChI=1S/C13H21BrN2O/c1-10(2)16(6-3-7-17)13-5-4-12(14)8-11(13)9-15/h4-5,8,10,17H,3,6-7,9,15H2,1-2H3. The molecule has 0 aliphatic heterocycles. The first-order valence-corrected chi connectivity index (χ1v) is 6.75. The van der Waals surface area contributed by atoms with Crippen LogP contribution in [0.3, 0.4) is 0 Å². The van der Waals surface area contributed by atoms with Gasteiger partial charge in [0, 0.05) is 35.9 Å². The highest BCUT2D eigenvalue weighted by molar-refractivity contribution is 9.10. The molecule has 0 saturated carbocycles. The topological polar surface area (TPSA) is 49.5 Å². The van der Waals surface area contributed by atoms with Gasteiger partial charge in [-0.15, -0.1) is 0 Å². The van der Waals surface area contributed by atoms with E-state index in [-0.39, 0.29) is 6.61 Å². The number of nitrogens with two attached hydrogens (primary N) is 1. The van der Waals surface area contributed by atoms with Crippen molar-refractivity contribution in [3.05, 3.63) is 28.2 Å². The molecule has 3 nitrogen and oxygen atoms in total. The van der Waals surface area contributed by atoms with Gasteiger partial charge in [-0.05, 0) is 44.0 Å². The van der Waals surface area contributed by atoms with Crippen molar-refractivity contribution in [1.29, 1.82) is 0 Å². The second-order valence-corrected chi connectivity index (χ2v) is 5.26. The summed E-state index contributed by atoms with van der Waals surface area (Å²) in [6.45, 7) is 5.90. The average molecular weight is 301 g/mol. The predicted molar refractivity (Wildman–Crippen MR) is 76.2 cm³/mol. The van der Waals surface area contributed by atoms with Crippen LogP contribution in [0.15, 0.2) is 22.7 Å². The molecular formula is C13H21BrN2O. The van der Waals surface area contributed by atoms with Crippen LogP contribution in [0.25, 0.3) is 0 Å². The highest BCUT2D eigenvalue weighted by Gasteiger charge is 2.13. The number of aliphatic hydroxyl groups is 1. The normalized spacial score (nSPS) is 10.9. The number of halogens is 1. The number of anilines is 1. The smallest absolute Gasteiger partial charge is 0.0447 e. The van der Waals surface area contributed by atoms with Crippen molar-refractivity contribution in [3.63, 3.8) is 0 Å². The molecule has 0 aliphatic carbocycles. The first-order chi connectivity index (χ1) is 8.10. The van der Waals surface area contributed by atoms with Crippen LogP contribution in [0, 0.1) is 0 Å². The van der Waals surface area contributed by atoms with Crippen LogP contribution in [0.2, 0.25) is 0 Å². The van der Waals surface area contributed by atoms with E-state index in [1.807, 2.05) is 6.07 Å². The van der Waals surface area contributed by atoms with Crippen LogP contribution in [0.1, 0.15) is 25.8 Å². The Hall–Kier alpha value is -0.580. The van der Waals surface area contributed by atoms with E-state index in [1.165, 1.54) is 5.69 Å². The van der Waals surface area contributed by atoms with Gasteiger partial charge in [0.1, 0.15) is 0 Å². The molecule has 0 unspecified atom stereocenters. The third kappa shape index (κ3) is 3.98. The molecule has 4 heteroatoms. The number of benzene rings is 1. The summed E-state index contributed by atoms with van der Waals surface area (Å²) in [5.74, 6) is 0. The van der Waals surface area contributed by atoms with Gasteiger partial charge in [-0.25, -0.2) is 0 Å². The highest BCUT2D eigenvalue weighted by atomic mass is 79.9. The molecule has 0 atom stereocenters. The zero-order valence-electron chi connectivity index (χ0n) is 10.5. The molecule has 96 valence electrons. The lowest BCUT2D eigenvalue weighted by Gasteiger charge is -2.30. The van der Waals surface area contributed by atoms with Crippen molar-refractivity contribution in [3.8, 4) is 0 Å². The van der Waals surface area contributed by atoms with Crippen LogP contribution in [-0.4, -0.2) is 24.3 Å². The van der Waals surface area contributed by atoms with Crippen molar-refractivity contribution in [1.82, 2.24) is 0 Å². The maximum atomic E-state index is 8.96. The third-order valence-corrected chi connectivity index (χ3v) is 3.24. The Kier molecular flexibility index (Phi) is 5.95. The van der Waals surface area contributed by atoms with Crippen LogP contribution < -0.4 is 10.6 Å². The van der Waals surface area contributed by atoms with E-state index in [9.17, 15) is 0 Å². The summed E-state index contributed by atoms with van der Waals surface area (Å²) in [5, 5.41) is 8.96. The second-order valence-electron chi connectivity index (χ2n) is 4.34. The zero-order valence-corrected chi connectivity index (χ0v) is 12.1. The van der Waals surface area contributed by atoms with Crippen LogP contribution in [0.4, 0.5) is 5.69 Å². The third-order valence-electron chi connectivity index (χ3n) is 2.75. The first kappa shape index (κ1) is 14.5. The summed E-state index contributed by atoms with van der Waals surface area (Å²) in [6.07, 6.45) is 0.776. The first-order valence-electron chi connectivity index (χ1n) is 5.96. The molecule has 0 fully saturated rings. The van der Waals surface area contributed by atoms with E-state index in [0.29, 0.717) is 12.6 Å². The summed E-state index contributed by atoms with van der Waals surface area (Å²) < 4.78 is 1.05. The molecule has 0 radical (unpaired) electrons. The lowest BCUT2D eigenvalue weighted by Crippen LogP contribution is -2.33. The molecule has 1 aromatic rings. The fourth-order valence-corrected chi connectivity index (χ4v) is 2.30. The number of rotatable bonds is 6. The zero-order chi connectivity index (χ0) is 12.8. The van der Waals surface area contributed by atoms with Crippen molar-refractivity contribution in [2.75, 3.05) is 18.1 Å². The molecule has 0 aromatic heterocycles. The number of hydrogen-bond donors (Lipinski definition) is 2. The molecule has 17 heavy (non-hydrogen) atoms. The summed E-state index contributed by atoms with van der Waals surface area (Å²) in [5.41, 5.74) is 8.09. The Morgan fingerprint density at radius 3 is 2.65 bits per heavy atom. The van der Waals surface area contributed by atoms with Gasteiger partial charge in [-0.3, -0.25) is 0 Å². The fourth-order valence-electron chi connectivity index (χ4n) is 1.90. The SMILES string of the molecule is CC(C)N(CCCO)c1ccc(Br)cc1CN. The minimum atomic E-state index is 0.220. The van der Waals surface area contributed by atoms with Gasteiger partial charge < -0.3 is 15.7 Å². The lowest BCUT2D eigenvalue weighted by atomic mass is 10.1. The molecule has 1 rings (SSSR count). The van der Waals surface area contributed by atoms with Gasteiger partial charge in [0.25, 0.3) is 0 Å². The number of hydrogen-bond acceptors (Lipinski definition) is 3. The Morgan fingerprint density at radius 2 is 2.12 bits per heavy atom.